The van der Waals surface area contributed by atoms with Crippen molar-refractivity contribution < 1.29 is 13.6 Å². The topological polar surface area (TPSA) is 46.3 Å². The third-order valence-corrected chi connectivity index (χ3v) is 3.63. The van der Waals surface area contributed by atoms with E-state index in [9.17, 15) is 9.18 Å². The van der Waals surface area contributed by atoms with Gasteiger partial charge < -0.3 is 9.32 Å². The minimum absolute atomic E-state index is 0.0661. The van der Waals surface area contributed by atoms with E-state index in [4.69, 9.17) is 4.42 Å². The molecule has 0 aliphatic heterocycles. The van der Waals surface area contributed by atoms with E-state index in [0.717, 1.165) is 11.3 Å². The van der Waals surface area contributed by atoms with E-state index in [0.29, 0.717) is 18.8 Å². The average molecular weight is 324 g/mol. The highest BCUT2D eigenvalue weighted by Gasteiger charge is 2.17. The zero-order valence-corrected chi connectivity index (χ0v) is 13.1. The van der Waals surface area contributed by atoms with E-state index >= 15 is 0 Å². The van der Waals surface area contributed by atoms with Crippen molar-refractivity contribution in [1.82, 2.24) is 9.88 Å². The lowest BCUT2D eigenvalue weighted by molar-refractivity contribution is -0.132. The van der Waals surface area contributed by atoms with Gasteiger partial charge in [-0.05, 0) is 42.0 Å². The molecule has 0 saturated heterocycles. The molecule has 1 aromatic carbocycles. The molecule has 0 fully saturated rings. The van der Waals surface area contributed by atoms with Gasteiger partial charge >= 0.3 is 0 Å². The summed E-state index contributed by atoms with van der Waals surface area (Å²) in [6, 6.07) is 15.2. The second kappa shape index (κ2) is 7.55. The highest BCUT2D eigenvalue weighted by atomic mass is 19.1. The number of furan rings is 1. The first-order valence-corrected chi connectivity index (χ1v) is 7.65. The molecule has 0 radical (unpaired) electrons. The van der Waals surface area contributed by atoms with Crippen molar-refractivity contribution in [3.8, 4) is 0 Å². The van der Waals surface area contributed by atoms with Gasteiger partial charge in [0.25, 0.3) is 0 Å². The van der Waals surface area contributed by atoms with E-state index in [1.807, 2.05) is 24.3 Å². The van der Waals surface area contributed by atoms with Crippen molar-refractivity contribution in [2.24, 2.45) is 0 Å². The van der Waals surface area contributed by atoms with Crippen LogP contribution in [0.25, 0.3) is 0 Å². The Morgan fingerprint density at radius 2 is 1.88 bits per heavy atom. The summed E-state index contributed by atoms with van der Waals surface area (Å²) in [5, 5.41) is 0. The van der Waals surface area contributed by atoms with Crippen LogP contribution in [-0.4, -0.2) is 15.8 Å². The maximum atomic E-state index is 13.0. The monoisotopic (exact) mass is 324 g/mol. The van der Waals surface area contributed by atoms with Gasteiger partial charge in [-0.25, -0.2) is 4.39 Å². The van der Waals surface area contributed by atoms with Gasteiger partial charge in [-0.1, -0.05) is 18.2 Å². The highest BCUT2D eigenvalue weighted by Crippen LogP contribution is 2.12. The summed E-state index contributed by atoms with van der Waals surface area (Å²) in [7, 11) is 0. The van der Waals surface area contributed by atoms with Crippen molar-refractivity contribution in [3.63, 3.8) is 0 Å². The number of hydrogen-bond donors (Lipinski definition) is 0. The first kappa shape index (κ1) is 15.9. The average Bonchev–Trinajstić information content (AvgIpc) is 3.10. The fourth-order valence-corrected chi connectivity index (χ4v) is 2.40. The Hall–Kier alpha value is -2.95. The molecular weight excluding hydrogens is 307 g/mol. The fourth-order valence-electron chi connectivity index (χ4n) is 2.40. The number of halogens is 1. The minimum Gasteiger partial charge on any atom is -0.467 e. The number of benzene rings is 1. The number of carbonyl (C=O) groups excluding carboxylic acids is 1. The van der Waals surface area contributed by atoms with Crippen LogP contribution in [0.3, 0.4) is 0 Å². The summed E-state index contributed by atoms with van der Waals surface area (Å²) in [6.07, 6.45) is 3.48. The lowest BCUT2D eigenvalue weighted by Crippen LogP contribution is -2.31. The molecule has 5 heteroatoms. The van der Waals surface area contributed by atoms with Gasteiger partial charge in [0.2, 0.25) is 5.91 Å². The van der Waals surface area contributed by atoms with Crippen LogP contribution in [0.15, 0.2) is 71.5 Å². The molecule has 0 atom stereocenters. The molecule has 0 bridgehead atoms. The summed E-state index contributed by atoms with van der Waals surface area (Å²) in [5.74, 6) is 0.328. The molecule has 2 aromatic heterocycles. The summed E-state index contributed by atoms with van der Waals surface area (Å²) in [5.41, 5.74) is 1.57. The van der Waals surface area contributed by atoms with E-state index < -0.39 is 0 Å². The van der Waals surface area contributed by atoms with Crippen LogP contribution in [0.2, 0.25) is 0 Å². The molecule has 1 amide bonds. The molecule has 24 heavy (non-hydrogen) atoms. The zero-order valence-electron chi connectivity index (χ0n) is 13.1. The lowest BCUT2D eigenvalue weighted by atomic mass is 10.1. The summed E-state index contributed by atoms with van der Waals surface area (Å²) in [4.78, 5) is 18.7. The number of nitrogens with zero attached hydrogens (tertiary/aromatic N) is 2. The van der Waals surface area contributed by atoms with Gasteiger partial charge in [0.1, 0.15) is 11.6 Å². The van der Waals surface area contributed by atoms with E-state index in [2.05, 4.69) is 4.98 Å². The van der Waals surface area contributed by atoms with Crippen LogP contribution in [-0.2, 0) is 24.3 Å². The Balaban J connectivity index is 1.74. The normalized spacial score (nSPS) is 10.5. The van der Waals surface area contributed by atoms with E-state index in [-0.39, 0.29) is 18.1 Å². The number of amides is 1. The fraction of sp³-hybridized carbons (Fsp3) is 0.158. The summed E-state index contributed by atoms with van der Waals surface area (Å²) >= 11 is 0. The highest BCUT2D eigenvalue weighted by molar-refractivity contribution is 5.78. The van der Waals surface area contributed by atoms with Crippen molar-refractivity contribution >= 4 is 5.91 Å². The molecule has 3 aromatic rings. The van der Waals surface area contributed by atoms with Gasteiger partial charge in [-0.2, -0.15) is 0 Å². The molecule has 0 spiro atoms. The lowest BCUT2D eigenvalue weighted by Gasteiger charge is -2.21. The summed E-state index contributed by atoms with van der Waals surface area (Å²) < 4.78 is 18.4. The number of aromatic nitrogens is 1. The van der Waals surface area contributed by atoms with Crippen LogP contribution >= 0.6 is 0 Å². The molecule has 0 unspecified atom stereocenters. The molecule has 2 heterocycles. The van der Waals surface area contributed by atoms with Gasteiger partial charge in [0.15, 0.2) is 0 Å². The van der Waals surface area contributed by atoms with Crippen LogP contribution in [0, 0.1) is 5.82 Å². The zero-order chi connectivity index (χ0) is 16.8. The third kappa shape index (κ3) is 4.29. The predicted octanol–water partition coefficient (Wildman–Crippen LogP) is 3.59. The Labute approximate surface area is 139 Å². The maximum Gasteiger partial charge on any atom is 0.227 e. The molecular formula is C19H17FN2O2. The maximum absolute atomic E-state index is 13.0. The quantitative estimate of drug-likeness (QED) is 0.696. The van der Waals surface area contributed by atoms with Gasteiger partial charge in [0.05, 0.1) is 31.5 Å². The second-order valence-corrected chi connectivity index (χ2v) is 5.45. The van der Waals surface area contributed by atoms with Crippen LogP contribution in [0.4, 0.5) is 4.39 Å². The second-order valence-electron chi connectivity index (χ2n) is 5.45. The van der Waals surface area contributed by atoms with Crippen molar-refractivity contribution in [1.29, 1.82) is 0 Å². The Kier molecular flexibility index (Phi) is 5.01. The van der Waals surface area contributed by atoms with E-state index in [1.165, 1.54) is 12.1 Å². The molecule has 4 nitrogen and oxygen atoms in total. The van der Waals surface area contributed by atoms with Crippen LogP contribution in [0.1, 0.15) is 17.0 Å². The summed E-state index contributed by atoms with van der Waals surface area (Å²) in [6.45, 7) is 0.755. The van der Waals surface area contributed by atoms with E-state index in [1.54, 1.807) is 35.6 Å². The Morgan fingerprint density at radius 3 is 2.54 bits per heavy atom. The number of hydrogen-bond acceptors (Lipinski definition) is 3. The molecule has 0 saturated carbocycles. The molecule has 3 rings (SSSR count). The Morgan fingerprint density at radius 1 is 1.04 bits per heavy atom. The van der Waals surface area contributed by atoms with Gasteiger partial charge in [-0.15, -0.1) is 0 Å². The number of carbonyl (C=O) groups is 1. The van der Waals surface area contributed by atoms with Gasteiger partial charge in [-0.3, -0.25) is 9.78 Å². The first-order valence-electron chi connectivity index (χ1n) is 7.65. The van der Waals surface area contributed by atoms with Gasteiger partial charge in [0, 0.05) is 6.20 Å². The Bertz CT molecular complexity index is 771. The third-order valence-electron chi connectivity index (χ3n) is 3.63. The number of rotatable bonds is 6. The molecule has 0 N–H and O–H groups in total. The molecule has 122 valence electrons. The largest absolute Gasteiger partial charge is 0.467 e. The van der Waals surface area contributed by atoms with Crippen molar-refractivity contribution in [3.05, 3.63) is 89.9 Å². The predicted molar refractivity (Wildman–Crippen MR) is 87.3 cm³/mol. The SMILES string of the molecule is O=C(Cc1ccc(F)cc1)N(Cc1ccccn1)Cc1ccco1. The minimum atomic E-state index is -0.313. The van der Waals surface area contributed by atoms with Crippen LogP contribution < -0.4 is 0 Å². The molecule has 0 aliphatic rings. The number of pyridine rings is 1. The van der Waals surface area contributed by atoms with Crippen LogP contribution in [0.5, 0.6) is 0 Å². The molecule has 0 aliphatic carbocycles. The van der Waals surface area contributed by atoms with Crippen molar-refractivity contribution in [2.75, 3.05) is 0 Å². The van der Waals surface area contributed by atoms with Crippen molar-refractivity contribution in [2.45, 2.75) is 19.5 Å². The smallest absolute Gasteiger partial charge is 0.227 e. The standard InChI is InChI=1S/C19H17FN2O2/c20-16-8-6-15(7-9-16)12-19(23)22(14-18-5-3-11-24-18)13-17-4-1-2-10-21-17/h1-11H,12-14H2. The first-order chi connectivity index (χ1) is 11.7.